The third kappa shape index (κ3) is 3.10. The summed E-state index contributed by atoms with van der Waals surface area (Å²) in [5.41, 5.74) is 0.551. The summed E-state index contributed by atoms with van der Waals surface area (Å²) in [6.45, 7) is 3.05. The number of hydrogen-bond acceptors (Lipinski definition) is 3. The summed E-state index contributed by atoms with van der Waals surface area (Å²) in [6.07, 6.45) is 7.39. The predicted octanol–water partition coefficient (Wildman–Crippen LogP) is 1.18. The first-order valence-electron chi connectivity index (χ1n) is 6.69. The molecule has 1 aliphatic rings. The first kappa shape index (κ1) is 13.1. The molecule has 18 heavy (non-hydrogen) atoms. The Bertz CT molecular complexity index is 397. The third-order valence-corrected chi connectivity index (χ3v) is 3.64. The van der Waals surface area contributed by atoms with E-state index in [0.717, 1.165) is 19.4 Å². The Kier molecular flexibility index (Phi) is 4.36. The highest BCUT2D eigenvalue weighted by Crippen LogP contribution is 2.27. The largest absolute Gasteiger partial charge is 0.391 e. The zero-order valence-corrected chi connectivity index (χ0v) is 10.8. The molecule has 1 aliphatic carbocycles. The second-order valence-corrected chi connectivity index (χ2v) is 4.91. The van der Waals surface area contributed by atoms with Crippen LogP contribution in [0.2, 0.25) is 0 Å². The number of aromatic nitrogens is 2. The Hall–Kier alpha value is -1.36. The van der Waals surface area contributed by atoms with Gasteiger partial charge in [-0.1, -0.05) is 12.8 Å². The molecule has 0 aliphatic heterocycles. The van der Waals surface area contributed by atoms with Gasteiger partial charge in [0.25, 0.3) is 5.91 Å². The number of hydrogen-bond donors (Lipinski definition) is 2. The van der Waals surface area contributed by atoms with E-state index in [-0.39, 0.29) is 5.91 Å². The van der Waals surface area contributed by atoms with Gasteiger partial charge in [-0.15, -0.1) is 0 Å². The van der Waals surface area contributed by atoms with Gasteiger partial charge in [-0.05, 0) is 25.7 Å². The third-order valence-electron chi connectivity index (χ3n) is 3.64. The van der Waals surface area contributed by atoms with Crippen LogP contribution in [-0.2, 0) is 6.54 Å². The van der Waals surface area contributed by atoms with Crippen molar-refractivity contribution >= 4 is 5.91 Å². The topological polar surface area (TPSA) is 67.2 Å². The first-order valence-corrected chi connectivity index (χ1v) is 6.69. The standard InChI is InChI=1S/C13H21N3O2/c1-2-16-9-11(7-15-16)13(18)14-8-12(17)10-5-3-4-6-10/h7,9-10,12,17H,2-6,8H2,1H3,(H,14,18). The zero-order valence-electron chi connectivity index (χ0n) is 10.8. The number of carbonyl (C=O) groups excluding carboxylic acids is 1. The highest BCUT2D eigenvalue weighted by atomic mass is 16.3. The van der Waals surface area contributed by atoms with Crippen LogP contribution in [0.5, 0.6) is 0 Å². The minimum absolute atomic E-state index is 0.160. The summed E-state index contributed by atoms with van der Waals surface area (Å²) >= 11 is 0. The summed E-state index contributed by atoms with van der Waals surface area (Å²) < 4.78 is 1.71. The quantitative estimate of drug-likeness (QED) is 0.826. The summed E-state index contributed by atoms with van der Waals surface area (Å²) in [6, 6.07) is 0. The molecule has 5 nitrogen and oxygen atoms in total. The maximum atomic E-state index is 11.8. The van der Waals surface area contributed by atoms with Crippen LogP contribution in [-0.4, -0.2) is 33.4 Å². The van der Waals surface area contributed by atoms with E-state index in [1.807, 2.05) is 6.92 Å². The minimum atomic E-state index is -0.419. The van der Waals surface area contributed by atoms with Crippen molar-refractivity contribution in [3.63, 3.8) is 0 Å². The highest BCUT2D eigenvalue weighted by Gasteiger charge is 2.23. The van der Waals surface area contributed by atoms with Gasteiger partial charge in [0.1, 0.15) is 0 Å². The second-order valence-electron chi connectivity index (χ2n) is 4.91. The summed E-state index contributed by atoms with van der Waals surface area (Å²) in [5, 5.41) is 16.8. The lowest BCUT2D eigenvalue weighted by molar-refractivity contribution is 0.0840. The first-order chi connectivity index (χ1) is 8.70. The average Bonchev–Trinajstić information content (AvgIpc) is 3.05. The summed E-state index contributed by atoms with van der Waals surface area (Å²) in [5.74, 6) is 0.190. The van der Waals surface area contributed by atoms with Crippen molar-refractivity contribution in [2.45, 2.75) is 45.3 Å². The van der Waals surface area contributed by atoms with E-state index in [2.05, 4.69) is 10.4 Å². The maximum absolute atomic E-state index is 11.8. The molecule has 0 radical (unpaired) electrons. The number of rotatable bonds is 5. The molecule has 0 bridgehead atoms. The van der Waals surface area contributed by atoms with E-state index in [1.165, 1.54) is 12.8 Å². The molecule has 1 heterocycles. The number of nitrogens with one attached hydrogen (secondary N) is 1. The van der Waals surface area contributed by atoms with Crippen molar-refractivity contribution in [1.29, 1.82) is 0 Å². The lowest BCUT2D eigenvalue weighted by Crippen LogP contribution is -2.35. The molecule has 1 aromatic heterocycles. The van der Waals surface area contributed by atoms with E-state index in [4.69, 9.17) is 0 Å². The maximum Gasteiger partial charge on any atom is 0.254 e. The van der Waals surface area contributed by atoms with Gasteiger partial charge in [0.15, 0.2) is 0 Å². The lowest BCUT2D eigenvalue weighted by atomic mass is 10.0. The number of aliphatic hydroxyl groups excluding tert-OH is 1. The van der Waals surface area contributed by atoms with Crippen LogP contribution in [0, 0.1) is 5.92 Å². The smallest absolute Gasteiger partial charge is 0.254 e. The van der Waals surface area contributed by atoms with E-state index in [9.17, 15) is 9.90 Å². The van der Waals surface area contributed by atoms with Crippen LogP contribution < -0.4 is 5.32 Å². The molecule has 100 valence electrons. The van der Waals surface area contributed by atoms with Gasteiger partial charge >= 0.3 is 0 Å². The van der Waals surface area contributed by atoms with Crippen LogP contribution in [0.4, 0.5) is 0 Å². The normalized spacial score (nSPS) is 17.9. The number of carbonyl (C=O) groups is 1. The van der Waals surface area contributed by atoms with Crippen molar-refractivity contribution in [2.75, 3.05) is 6.54 Å². The Labute approximate surface area is 107 Å². The molecule has 2 rings (SSSR count). The fourth-order valence-electron chi connectivity index (χ4n) is 2.46. The fourth-order valence-corrected chi connectivity index (χ4v) is 2.46. The van der Waals surface area contributed by atoms with Crippen molar-refractivity contribution in [1.82, 2.24) is 15.1 Å². The van der Waals surface area contributed by atoms with Crippen LogP contribution in [0.3, 0.4) is 0 Å². The van der Waals surface area contributed by atoms with E-state index in [1.54, 1.807) is 17.1 Å². The molecule has 1 aromatic rings. The fraction of sp³-hybridized carbons (Fsp3) is 0.692. The molecule has 1 unspecified atom stereocenters. The number of aryl methyl sites for hydroxylation is 1. The SMILES string of the molecule is CCn1cc(C(=O)NCC(O)C2CCCC2)cn1. The molecule has 1 amide bonds. The predicted molar refractivity (Wildman–Crippen MR) is 68.2 cm³/mol. The molecule has 0 spiro atoms. The van der Waals surface area contributed by atoms with Crippen molar-refractivity contribution < 1.29 is 9.90 Å². The molecule has 1 fully saturated rings. The van der Waals surface area contributed by atoms with Gasteiger partial charge in [0.2, 0.25) is 0 Å². The van der Waals surface area contributed by atoms with Gasteiger partial charge < -0.3 is 10.4 Å². The molecule has 1 saturated carbocycles. The van der Waals surface area contributed by atoms with Crippen LogP contribution >= 0.6 is 0 Å². The van der Waals surface area contributed by atoms with Gasteiger partial charge in [0, 0.05) is 19.3 Å². The van der Waals surface area contributed by atoms with Crippen LogP contribution in [0.25, 0.3) is 0 Å². The molecular weight excluding hydrogens is 230 g/mol. The number of amides is 1. The van der Waals surface area contributed by atoms with E-state index in [0.29, 0.717) is 18.0 Å². The molecule has 1 atom stereocenters. The minimum Gasteiger partial charge on any atom is -0.391 e. The second kappa shape index (κ2) is 6.00. The Morgan fingerprint density at radius 1 is 1.61 bits per heavy atom. The molecule has 2 N–H and O–H groups in total. The van der Waals surface area contributed by atoms with Crippen molar-refractivity contribution in [3.8, 4) is 0 Å². The number of aliphatic hydroxyl groups is 1. The van der Waals surface area contributed by atoms with Gasteiger partial charge in [-0.2, -0.15) is 5.10 Å². The lowest BCUT2D eigenvalue weighted by Gasteiger charge is -2.17. The zero-order chi connectivity index (χ0) is 13.0. The Morgan fingerprint density at radius 2 is 2.33 bits per heavy atom. The van der Waals surface area contributed by atoms with E-state index >= 15 is 0 Å². The highest BCUT2D eigenvalue weighted by molar-refractivity contribution is 5.93. The number of nitrogens with zero attached hydrogens (tertiary/aromatic N) is 2. The monoisotopic (exact) mass is 251 g/mol. The van der Waals surface area contributed by atoms with Crippen LogP contribution in [0.1, 0.15) is 43.0 Å². The van der Waals surface area contributed by atoms with Crippen molar-refractivity contribution in [2.24, 2.45) is 5.92 Å². The molecule has 5 heteroatoms. The van der Waals surface area contributed by atoms with E-state index < -0.39 is 6.10 Å². The Balaban J connectivity index is 1.80. The molecule has 0 aromatic carbocycles. The van der Waals surface area contributed by atoms with Gasteiger partial charge in [0.05, 0.1) is 17.9 Å². The summed E-state index contributed by atoms with van der Waals surface area (Å²) in [7, 11) is 0. The molecule has 0 saturated heterocycles. The Morgan fingerprint density at radius 3 is 2.94 bits per heavy atom. The van der Waals surface area contributed by atoms with Crippen LogP contribution in [0.15, 0.2) is 12.4 Å². The van der Waals surface area contributed by atoms with Gasteiger partial charge in [-0.25, -0.2) is 0 Å². The van der Waals surface area contributed by atoms with Crippen molar-refractivity contribution in [3.05, 3.63) is 18.0 Å². The van der Waals surface area contributed by atoms with Gasteiger partial charge in [-0.3, -0.25) is 9.48 Å². The molecular formula is C13H21N3O2. The average molecular weight is 251 g/mol. The summed E-state index contributed by atoms with van der Waals surface area (Å²) in [4.78, 5) is 11.8.